The van der Waals surface area contributed by atoms with Crippen molar-refractivity contribution < 1.29 is 0 Å². The summed E-state index contributed by atoms with van der Waals surface area (Å²) in [6.07, 6.45) is 2.25. The van der Waals surface area contributed by atoms with Gasteiger partial charge in [-0.1, -0.05) is 17.0 Å². The lowest BCUT2D eigenvalue weighted by molar-refractivity contribution is 1.01. The molecule has 0 aliphatic carbocycles. The van der Waals surface area contributed by atoms with Crippen molar-refractivity contribution in [2.75, 3.05) is 6.54 Å². The molecule has 0 aromatic carbocycles. The number of hydrogen-bond donors (Lipinski definition) is 0. The molecule has 1 heterocycles. The molecule has 0 aliphatic heterocycles. The smallest absolute Gasteiger partial charge is 0.106 e. The van der Waals surface area contributed by atoms with Crippen molar-refractivity contribution >= 4 is 15.9 Å². The molecule has 5 heteroatoms. The molecule has 0 saturated heterocycles. The van der Waals surface area contributed by atoms with E-state index in [2.05, 4.69) is 42.8 Å². The number of pyridine rings is 1. The van der Waals surface area contributed by atoms with Crippen molar-refractivity contribution in [2.24, 2.45) is 5.11 Å². The van der Waals surface area contributed by atoms with Gasteiger partial charge in [-0.2, -0.15) is 0 Å². The lowest BCUT2D eigenvalue weighted by atomic mass is 10.3. The van der Waals surface area contributed by atoms with Crippen molar-refractivity contribution in [3.05, 3.63) is 38.9 Å². The van der Waals surface area contributed by atoms with Gasteiger partial charge < -0.3 is 0 Å². The summed E-state index contributed by atoms with van der Waals surface area (Å²) in [6, 6.07) is 3.70. The number of azide groups is 1. The molecule has 0 saturated carbocycles. The Morgan fingerprint density at radius 2 is 2.43 bits per heavy atom. The Labute approximate surface area is 90.1 Å². The van der Waals surface area contributed by atoms with Crippen LogP contribution in [0.15, 0.2) is 28.0 Å². The fourth-order valence-corrected chi connectivity index (χ4v) is 0.999. The van der Waals surface area contributed by atoms with Gasteiger partial charge in [0, 0.05) is 29.6 Å². The second-order valence-corrected chi connectivity index (χ2v) is 3.19. The van der Waals surface area contributed by atoms with Crippen LogP contribution in [-0.4, -0.2) is 11.5 Å². The van der Waals surface area contributed by atoms with Crippen molar-refractivity contribution in [3.8, 4) is 11.8 Å². The van der Waals surface area contributed by atoms with Crippen molar-refractivity contribution in [3.63, 3.8) is 0 Å². The molecule has 1 rings (SSSR count). The minimum atomic E-state index is 0.410. The van der Waals surface area contributed by atoms with E-state index in [4.69, 9.17) is 5.53 Å². The third-order valence-electron chi connectivity index (χ3n) is 1.36. The standard InChI is InChI=1S/C9H7BrN4/c10-9-5-4-8(7-12-9)3-1-2-6-13-14-11/h4-5,7H,2,6H2. The second-order valence-electron chi connectivity index (χ2n) is 2.38. The maximum absolute atomic E-state index is 8.01. The van der Waals surface area contributed by atoms with Crippen LogP contribution in [0.2, 0.25) is 0 Å². The summed E-state index contributed by atoms with van der Waals surface area (Å²) < 4.78 is 0.789. The first-order chi connectivity index (χ1) is 6.83. The Morgan fingerprint density at radius 3 is 3.07 bits per heavy atom. The van der Waals surface area contributed by atoms with E-state index in [0.717, 1.165) is 10.2 Å². The number of hydrogen-bond acceptors (Lipinski definition) is 2. The van der Waals surface area contributed by atoms with Gasteiger partial charge in [0.15, 0.2) is 0 Å². The normalized spacial score (nSPS) is 8.36. The third kappa shape index (κ3) is 3.94. The van der Waals surface area contributed by atoms with Crippen LogP contribution < -0.4 is 0 Å². The lowest BCUT2D eigenvalue weighted by Crippen LogP contribution is -1.79. The fourth-order valence-electron chi connectivity index (χ4n) is 0.765. The predicted molar refractivity (Wildman–Crippen MR) is 57.4 cm³/mol. The molecule has 0 radical (unpaired) electrons. The number of aromatic nitrogens is 1. The summed E-state index contributed by atoms with van der Waals surface area (Å²) >= 11 is 3.23. The summed E-state index contributed by atoms with van der Waals surface area (Å²) in [6.45, 7) is 0.410. The van der Waals surface area contributed by atoms with Gasteiger partial charge in [-0.05, 0) is 33.6 Å². The zero-order chi connectivity index (χ0) is 10.2. The topological polar surface area (TPSA) is 61.7 Å². The summed E-state index contributed by atoms with van der Waals surface area (Å²) in [5.74, 6) is 5.80. The zero-order valence-corrected chi connectivity index (χ0v) is 8.90. The maximum atomic E-state index is 8.01. The highest BCUT2D eigenvalue weighted by atomic mass is 79.9. The SMILES string of the molecule is [N-]=[N+]=NCCC#Cc1ccc(Br)nc1. The molecule has 0 fully saturated rings. The van der Waals surface area contributed by atoms with E-state index < -0.39 is 0 Å². The van der Waals surface area contributed by atoms with Crippen LogP contribution in [0.25, 0.3) is 10.4 Å². The van der Waals surface area contributed by atoms with Crippen LogP contribution in [-0.2, 0) is 0 Å². The van der Waals surface area contributed by atoms with Gasteiger partial charge in [0.05, 0.1) is 0 Å². The van der Waals surface area contributed by atoms with Crippen LogP contribution in [0.5, 0.6) is 0 Å². The van der Waals surface area contributed by atoms with E-state index in [0.29, 0.717) is 13.0 Å². The van der Waals surface area contributed by atoms with E-state index >= 15 is 0 Å². The number of rotatable bonds is 2. The highest BCUT2D eigenvalue weighted by Crippen LogP contribution is 2.04. The summed E-state index contributed by atoms with van der Waals surface area (Å²) in [7, 11) is 0. The van der Waals surface area contributed by atoms with E-state index in [1.54, 1.807) is 6.20 Å². The first-order valence-corrected chi connectivity index (χ1v) is 4.73. The first-order valence-electron chi connectivity index (χ1n) is 3.94. The predicted octanol–water partition coefficient (Wildman–Crippen LogP) is 2.90. The zero-order valence-electron chi connectivity index (χ0n) is 7.31. The lowest BCUT2D eigenvalue weighted by Gasteiger charge is -1.89. The van der Waals surface area contributed by atoms with Crippen LogP contribution in [0.3, 0.4) is 0 Å². The molecule has 1 aromatic heterocycles. The molecular weight excluding hydrogens is 244 g/mol. The monoisotopic (exact) mass is 250 g/mol. The van der Waals surface area contributed by atoms with Gasteiger partial charge in [-0.25, -0.2) is 4.98 Å². The molecule has 14 heavy (non-hydrogen) atoms. The Hall–Kier alpha value is -1.50. The third-order valence-corrected chi connectivity index (χ3v) is 1.83. The van der Waals surface area contributed by atoms with Gasteiger partial charge in [-0.15, -0.1) is 0 Å². The van der Waals surface area contributed by atoms with Gasteiger partial charge >= 0.3 is 0 Å². The summed E-state index contributed by atoms with van der Waals surface area (Å²) in [5, 5.41) is 3.37. The second kappa shape index (κ2) is 6.03. The Morgan fingerprint density at radius 1 is 1.57 bits per heavy atom. The Bertz CT molecular complexity index is 395. The average Bonchev–Trinajstić information content (AvgIpc) is 2.21. The molecule has 4 nitrogen and oxygen atoms in total. The van der Waals surface area contributed by atoms with E-state index in [9.17, 15) is 0 Å². The molecule has 0 aliphatic rings. The summed E-state index contributed by atoms with van der Waals surface area (Å²) in [5.41, 5.74) is 8.86. The quantitative estimate of drug-likeness (QED) is 0.199. The molecule has 0 atom stereocenters. The molecule has 70 valence electrons. The minimum absolute atomic E-state index is 0.410. The van der Waals surface area contributed by atoms with Gasteiger partial charge in [0.2, 0.25) is 0 Å². The van der Waals surface area contributed by atoms with Crippen LogP contribution in [0, 0.1) is 11.8 Å². The van der Waals surface area contributed by atoms with E-state index in [1.165, 1.54) is 0 Å². The molecule has 0 amide bonds. The van der Waals surface area contributed by atoms with E-state index in [1.807, 2.05) is 12.1 Å². The minimum Gasteiger partial charge on any atom is -0.248 e. The molecule has 0 bridgehead atoms. The largest absolute Gasteiger partial charge is 0.248 e. The Balaban J connectivity index is 2.51. The van der Waals surface area contributed by atoms with Crippen LogP contribution in [0.1, 0.15) is 12.0 Å². The average molecular weight is 251 g/mol. The van der Waals surface area contributed by atoms with Gasteiger partial charge in [0.25, 0.3) is 0 Å². The highest BCUT2D eigenvalue weighted by molar-refractivity contribution is 9.10. The van der Waals surface area contributed by atoms with Crippen LogP contribution >= 0.6 is 15.9 Å². The van der Waals surface area contributed by atoms with Gasteiger partial charge in [0.1, 0.15) is 4.60 Å². The van der Waals surface area contributed by atoms with Crippen molar-refractivity contribution in [1.29, 1.82) is 0 Å². The molecule has 0 unspecified atom stereocenters. The van der Waals surface area contributed by atoms with Gasteiger partial charge in [-0.3, -0.25) is 0 Å². The first kappa shape index (κ1) is 10.6. The van der Waals surface area contributed by atoms with Crippen molar-refractivity contribution in [2.45, 2.75) is 6.42 Å². The molecule has 0 N–H and O–H groups in total. The summed E-state index contributed by atoms with van der Waals surface area (Å²) in [4.78, 5) is 6.66. The fraction of sp³-hybridized carbons (Fsp3) is 0.222. The Kier molecular flexibility index (Phi) is 4.56. The van der Waals surface area contributed by atoms with Crippen molar-refractivity contribution in [1.82, 2.24) is 4.98 Å². The number of halogens is 1. The van der Waals surface area contributed by atoms with E-state index in [-0.39, 0.29) is 0 Å². The van der Waals surface area contributed by atoms with Crippen LogP contribution in [0.4, 0.5) is 0 Å². The molecule has 0 spiro atoms. The molecular formula is C9H7BrN4. The maximum Gasteiger partial charge on any atom is 0.106 e. The molecule has 1 aromatic rings. The number of nitrogens with zero attached hydrogens (tertiary/aromatic N) is 4. The highest BCUT2D eigenvalue weighted by Gasteiger charge is 1.87.